The summed E-state index contributed by atoms with van der Waals surface area (Å²) in [5.41, 5.74) is 2.58. The minimum absolute atomic E-state index is 0.0743. The summed E-state index contributed by atoms with van der Waals surface area (Å²) in [4.78, 5) is 32.0. The zero-order chi connectivity index (χ0) is 23.9. The largest absolute Gasteiger partial charge is 0.354 e. The second-order valence-electron chi connectivity index (χ2n) is 9.85. The number of nitrogens with zero attached hydrogens (tertiary/aromatic N) is 3. The van der Waals surface area contributed by atoms with Gasteiger partial charge in [0.05, 0.1) is 12.6 Å². The van der Waals surface area contributed by atoms with Crippen molar-refractivity contribution < 1.29 is 9.59 Å². The number of hydrogen-bond donors (Lipinski definition) is 1. The fourth-order valence-electron chi connectivity index (χ4n) is 5.16. The molecule has 2 heterocycles. The number of carbonyl (C=O) groups is 2. The lowest BCUT2D eigenvalue weighted by molar-refractivity contribution is -0.135. The minimum atomic E-state index is 0.0743. The van der Waals surface area contributed by atoms with E-state index in [1.807, 2.05) is 18.7 Å². The topological polar surface area (TPSA) is 55.9 Å². The van der Waals surface area contributed by atoms with Gasteiger partial charge in [0.2, 0.25) is 11.8 Å². The van der Waals surface area contributed by atoms with E-state index in [1.54, 1.807) is 0 Å². The molecule has 2 fully saturated rings. The molecule has 0 aromatic heterocycles. The van der Waals surface area contributed by atoms with Crippen molar-refractivity contribution in [3.63, 3.8) is 0 Å². The van der Waals surface area contributed by atoms with Crippen LogP contribution in [-0.4, -0.2) is 78.4 Å². The second kappa shape index (κ2) is 11.6. The highest BCUT2D eigenvalue weighted by Crippen LogP contribution is 2.29. The fraction of sp³-hybridized carbons (Fsp3) is 0.500. The summed E-state index contributed by atoms with van der Waals surface area (Å²) in [5, 5.41) is 3.02. The van der Waals surface area contributed by atoms with Crippen molar-refractivity contribution in [2.45, 2.75) is 38.8 Å². The third-order valence-corrected chi connectivity index (χ3v) is 7.01. The molecule has 0 saturated carbocycles. The van der Waals surface area contributed by atoms with Crippen molar-refractivity contribution in [2.75, 3.05) is 45.8 Å². The van der Waals surface area contributed by atoms with Crippen molar-refractivity contribution in [1.82, 2.24) is 20.0 Å². The molecule has 2 aromatic rings. The molecule has 2 saturated heterocycles. The monoisotopic (exact) mass is 462 g/mol. The van der Waals surface area contributed by atoms with Gasteiger partial charge in [0, 0.05) is 38.1 Å². The van der Waals surface area contributed by atoms with E-state index in [-0.39, 0.29) is 29.8 Å². The summed E-state index contributed by atoms with van der Waals surface area (Å²) in [6.07, 6.45) is 1.66. The molecule has 182 valence electrons. The number of piperazine rings is 1. The molecule has 0 aliphatic carbocycles. The van der Waals surface area contributed by atoms with Gasteiger partial charge in [0.15, 0.2) is 0 Å². The lowest BCUT2D eigenvalue weighted by Crippen LogP contribution is -2.53. The molecule has 0 unspecified atom stereocenters. The molecule has 2 aliphatic rings. The number of likely N-dealkylation sites (tertiary alicyclic amines) is 1. The average Bonchev–Trinajstić information content (AvgIpc) is 2.86. The Bertz CT molecular complexity index is 878. The standard InChI is InChI=1S/C28H38N4O2/c1-22(2)29-28(34)25-13-15-30(16-14-25)21-26(33)31-17-19-32(20-18-31)27(23-9-5-3-6-10-23)24-11-7-4-8-12-24/h3-12,22,25,27H,13-21H2,1-2H3,(H,29,34). The van der Waals surface area contributed by atoms with Gasteiger partial charge in [0.25, 0.3) is 0 Å². The Morgan fingerprint density at radius 1 is 0.824 bits per heavy atom. The normalized spacial score (nSPS) is 18.4. The summed E-state index contributed by atoms with van der Waals surface area (Å²) in [6, 6.07) is 21.7. The van der Waals surface area contributed by atoms with Gasteiger partial charge in [-0.25, -0.2) is 0 Å². The molecular formula is C28H38N4O2. The van der Waals surface area contributed by atoms with Gasteiger partial charge in [0.1, 0.15) is 0 Å². The molecule has 2 aliphatic heterocycles. The Balaban J connectivity index is 1.29. The van der Waals surface area contributed by atoms with Crippen LogP contribution in [0.25, 0.3) is 0 Å². The van der Waals surface area contributed by atoms with Crippen molar-refractivity contribution in [2.24, 2.45) is 5.92 Å². The second-order valence-corrected chi connectivity index (χ2v) is 9.85. The first-order valence-corrected chi connectivity index (χ1v) is 12.7. The number of benzene rings is 2. The van der Waals surface area contributed by atoms with Crippen LogP contribution < -0.4 is 5.32 Å². The summed E-state index contributed by atoms with van der Waals surface area (Å²) in [6.45, 7) is 9.29. The number of hydrogen-bond acceptors (Lipinski definition) is 4. The Morgan fingerprint density at radius 2 is 1.35 bits per heavy atom. The zero-order valence-corrected chi connectivity index (χ0v) is 20.5. The maximum Gasteiger partial charge on any atom is 0.236 e. The molecule has 6 heteroatoms. The van der Waals surface area contributed by atoms with Gasteiger partial charge in [-0.3, -0.25) is 19.4 Å². The predicted molar refractivity (Wildman–Crippen MR) is 135 cm³/mol. The van der Waals surface area contributed by atoms with Crippen LogP contribution >= 0.6 is 0 Å². The van der Waals surface area contributed by atoms with E-state index in [0.717, 1.165) is 52.1 Å². The van der Waals surface area contributed by atoms with E-state index in [4.69, 9.17) is 0 Å². The van der Waals surface area contributed by atoms with Crippen LogP contribution in [0.15, 0.2) is 60.7 Å². The van der Waals surface area contributed by atoms with Gasteiger partial charge in [-0.05, 0) is 50.9 Å². The van der Waals surface area contributed by atoms with Gasteiger partial charge in [-0.2, -0.15) is 0 Å². The Labute approximate surface area is 203 Å². The first kappa shape index (κ1) is 24.4. The summed E-state index contributed by atoms with van der Waals surface area (Å²) < 4.78 is 0. The highest BCUT2D eigenvalue weighted by Gasteiger charge is 2.30. The molecule has 34 heavy (non-hydrogen) atoms. The van der Waals surface area contributed by atoms with Gasteiger partial charge in [-0.15, -0.1) is 0 Å². The Kier molecular flexibility index (Phi) is 8.35. The molecule has 2 aromatic carbocycles. The molecule has 4 rings (SSSR count). The van der Waals surface area contributed by atoms with Crippen molar-refractivity contribution in [1.29, 1.82) is 0 Å². The van der Waals surface area contributed by atoms with Crippen molar-refractivity contribution >= 4 is 11.8 Å². The number of rotatable bonds is 7. The highest BCUT2D eigenvalue weighted by atomic mass is 16.2. The SMILES string of the molecule is CC(C)NC(=O)C1CCN(CC(=O)N2CCN(C(c3ccccc3)c3ccccc3)CC2)CC1. The fourth-order valence-corrected chi connectivity index (χ4v) is 5.16. The summed E-state index contributed by atoms with van der Waals surface area (Å²) in [5.74, 6) is 0.439. The van der Waals surface area contributed by atoms with E-state index in [1.165, 1.54) is 11.1 Å². The van der Waals surface area contributed by atoms with Crippen molar-refractivity contribution in [3.8, 4) is 0 Å². The van der Waals surface area contributed by atoms with Gasteiger partial charge >= 0.3 is 0 Å². The van der Waals surface area contributed by atoms with Crippen LogP contribution in [0.4, 0.5) is 0 Å². The molecule has 0 radical (unpaired) electrons. The van der Waals surface area contributed by atoms with Crippen LogP contribution in [0.1, 0.15) is 43.9 Å². The number of piperidine rings is 1. The molecule has 0 bridgehead atoms. The van der Waals surface area contributed by atoms with Gasteiger partial charge < -0.3 is 10.2 Å². The number of amides is 2. The minimum Gasteiger partial charge on any atom is -0.354 e. The third kappa shape index (κ3) is 6.24. The van der Waals surface area contributed by atoms with E-state index < -0.39 is 0 Å². The summed E-state index contributed by atoms with van der Waals surface area (Å²) in [7, 11) is 0. The molecule has 6 nitrogen and oxygen atoms in total. The summed E-state index contributed by atoms with van der Waals surface area (Å²) >= 11 is 0. The maximum atomic E-state index is 13.0. The van der Waals surface area contributed by atoms with Crippen LogP contribution in [-0.2, 0) is 9.59 Å². The highest BCUT2D eigenvalue weighted by molar-refractivity contribution is 5.79. The Hall–Kier alpha value is -2.70. The van der Waals surface area contributed by atoms with E-state index in [2.05, 4.69) is 75.8 Å². The first-order valence-electron chi connectivity index (χ1n) is 12.7. The van der Waals surface area contributed by atoms with Crippen LogP contribution in [0.3, 0.4) is 0 Å². The average molecular weight is 463 g/mol. The zero-order valence-electron chi connectivity index (χ0n) is 20.5. The van der Waals surface area contributed by atoms with E-state index in [0.29, 0.717) is 6.54 Å². The lowest BCUT2D eigenvalue weighted by Gasteiger charge is -2.40. The quantitative estimate of drug-likeness (QED) is 0.687. The van der Waals surface area contributed by atoms with Crippen LogP contribution in [0, 0.1) is 5.92 Å². The predicted octanol–water partition coefficient (Wildman–Crippen LogP) is 3.16. The third-order valence-electron chi connectivity index (χ3n) is 7.01. The maximum absolute atomic E-state index is 13.0. The van der Waals surface area contributed by atoms with E-state index in [9.17, 15) is 9.59 Å². The van der Waals surface area contributed by atoms with Crippen LogP contribution in [0.2, 0.25) is 0 Å². The van der Waals surface area contributed by atoms with Crippen LogP contribution in [0.5, 0.6) is 0 Å². The lowest BCUT2D eigenvalue weighted by atomic mass is 9.95. The number of carbonyl (C=O) groups excluding carboxylic acids is 2. The smallest absolute Gasteiger partial charge is 0.236 e. The molecule has 1 N–H and O–H groups in total. The van der Waals surface area contributed by atoms with Gasteiger partial charge in [-0.1, -0.05) is 60.7 Å². The first-order chi connectivity index (χ1) is 16.5. The molecule has 0 atom stereocenters. The van der Waals surface area contributed by atoms with E-state index >= 15 is 0 Å². The molecule has 2 amide bonds. The van der Waals surface area contributed by atoms with Crippen molar-refractivity contribution in [3.05, 3.63) is 71.8 Å². The number of nitrogens with one attached hydrogen (secondary N) is 1. The molecule has 0 spiro atoms. The molecular weight excluding hydrogens is 424 g/mol. The Morgan fingerprint density at radius 3 is 1.85 bits per heavy atom.